The average Bonchev–Trinajstić information content (AvgIpc) is 2.70. The summed E-state index contributed by atoms with van der Waals surface area (Å²) in [7, 11) is -0.427. The van der Waals surface area contributed by atoms with Gasteiger partial charge in [0, 0.05) is 13.1 Å². The number of methoxy groups -OCH3 is 1. The van der Waals surface area contributed by atoms with E-state index >= 15 is 0 Å². The molecule has 0 spiro atoms. The fraction of sp³-hybridized carbons (Fsp3) is 0.316. The fourth-order valence-electron chi connectivity index (χ4n) is 2.37. The second kappa shape index (κ2) is 9.94. The highest BCUT2D eigenvalue weighted by molar-refractivity contribution is 7.89. The van der Waals surface area contributed by atoms with Crippen molar-refractivity contribution in [2.24, 2.45) is 4.99 Å². The summed E-state index contributed by atoms with van der Waals surface area (Å²) in [4.78, 5) is 4.77. The van der Waals surface area contributed by atoms with E-state index in [-0.39, 0.29) is 4.90 Å². The standard InChI is InChI=1S/C19H26N4O3S/c1-4-21-19(22-13-15-8-10-17(26-3)11-9-15)23-14-16-6-5-7-18(12-16)27(24,25)20-2/h5-12,20H,4,13-14H2,1-3H3,(H2,21,22,23). The Balaban J connectivity index is 2.05. The highest BCUT2D eigenvalue weighted by Crippen LogP contribution is 2.12. The van der Waals surface area contributed by atoms with Crippen LogP contribution in [0.25, 0.3) is 0 Å². The molecule has 2 rings (SSSR count). The van der Waals surface area contributed by atoms with Gasteiger partial charge in [-0.1, -0.05) is 24.3 Å². The van der Waals surface area contributed by atoms with Crippen molar-refractivity contribution < 1.29 is 13.2 Å². The Bertz CT molecular complexity index is 865. The van der Waals surface area contributed by atoms with Crippen LogP contribution in [0.3, 0.4) is 0 Å². The number of nitrogens with one attached hydrogen (secondary N) is 3. The summed E-state index contributed by atoms with van der Waals surface area (Å²) in [6, 6.07) is 14.6. The van der Waals surface area contributed by atoms with Crippen LogP contribution in [0.5, 0.6) is 5.75 Å². The molecule has 0 unspecified atom stereocenters. The average molecular weight is 391 g/mol. The third-order valence-corrected chi connectivity index (χ3v) is 5.27. The number of nitrogens with zero attached hydrogens (tertiary/aromatic N) is 1. The summed E-state index contributed by atoms with van der Waals surface area (Å²) in [6.45, 7) is 3.70. The summed E-state index contributed by atoms with van der Waals surface area (Å²) < 4.78 is 31.3. The maximum Gasteiger partial charge on any atom is 0.240 e. The van der Waals surface area contributed by atoms with Crippen molar-refractivity contribution >= 4 is 16.0 Å². The van der Waals surface area contributed by atoms with E-state index in [2.05, 4.69) is 20.3 Å². The number of ether oxygens (including phenoxy) is 1. The molecule has 0 aliphatic carbocycles. The van der Waals surface area contributed by atoms with Crippen LogP contribution in [-0.2, 0) is 23.1 Å². The predicted octanol–water partition coefficient (Wildman–Crippen LogP) is 1.86. The molecule has 0 saturated heterocycles. The molecule has 0 aromatic heterocycles. The van der Waals surface area contributed by atoms with E-state index in [4.69, 9.17) is 4.74 Å². The molecule has 2 aromatic carbocycles. The molecule has 0 radical (unpaired) electrons. The van der Waals surface area contributed by atoms with Crippen molar-refractivity contribution in [3.05, 3.63) is 59.7 Å². The number of rotatable bonds is 8. The van der Waals surface area contributed by atoms with Crippen LogP contribution in [0.2, 0.25) is 0 Å². The lowest BCUT2D eigenvalue weighted by atomic mass is 10.2. The van der Waals surface area contributed by atoms with E-state index in [1.165, 1.54) is 7.05 Å². The lowest BCUT2D eigenvalue weighted by Crippen LogP contribution is -2.36. The lowest BCUT2D eigenvalue weighted by molar-refractivity contribution is 0.414. The minimum absolute atomic E-state index is 0.230. The van der Waals surface area contributed by atoms with Gasteiger partial charge in [0.25, 0.3) is 0 Å². The van der Waals surface area contributed by atoms with Crippen LogP contribution in [-0.4, -0.2) is 35.1 Å². The quantitative estimate of drug-likeness (QED) is 0.473. The van der Waals surface area contributed by atoms with Crippen LogP contribution < -0.4 is 20.1 Å². The van der Waals surface area contributed by atoms with E-state index in [9.17, 15) is 8.42 Å². The highest BCUT2D eigenvalue weighted by Gasteiger charge is 2.11. The Hall–Kier alpha value is -2.58. The Morgan fingerprint density at radius 2 is 1.81 bits per heavy atom. The predicted molar refractivity (Wildman–Crippen MR) is 107 cm³/mol. The normalized spacial score (nSPS) is 11.9. The van der Waals surface area contributed by atoms with Crippen molar-refractivity contribution in [1.29, 1.82) is 0 Å². The molecule has 146 valence electrons. The van der Waals surface area contributed by atoms with Crippen molar-refractivity contribution in [1.82, 2.24) is 15.4 Å². The van der Waals surface area contributed by atoms with Gasteiger partial charge in [0.2, 0.25) is 10.0 Å². The van der Waals surface area contributed by atoms with Gasteiger partial charge in [-0.05, 0) is 49.4 Å². The molecule has 0 atom stereocenters. The summed E-state index contributed by atoms with van der Waals surface area (Å²) in [5.41, 5.74) is 1.91. The maximum absolute atomic E-state index is 11.9. The van der Waals surface area contributed by atoms with Gasteiger partial charge >= 0.3 is 0 Å². The second-order valence-corrected chi connectivity index (χ2v) is 7.64. The van der Waals surface area contributed by atoms with Gasteiger partial charge in [0.15, 0.2) is 5.96 Å². The van der Waals surface area contributed by atoms with E-state index in [1.54, 1.807) is 25.3 Å². The number of guanidine groups is 1. The Morgan fingerprint density at radius 1 is 1.07 bits per heavy atom. The summed E-state index contributed by atoms with van der Waals surface area (Å²) in [5.74, 6) is 1.48. The van der Waals surface area contributed by atoms with E-state index in [0.717, 1.165) is 23.4 Å². The minimum Gasteiger partial charge on any atom is -0.497 e. The maximum atomic E-state index is 11.9. The molecular formula is C19H26N4O3S. The minimum atomic E-state index is -3.46. The van der Waals surface area contributed by atoms with E-state index in [0.29, 0.717) is 19.0 Å². The SMILES string of the molecule is CCNC(=NCc1cccc(S(=O)(=O)NC)c1)NCc1ccc(OC)cc1. The molecule has 0 amide bonds. The molecule has 0 fully saturated rings. The molecule has 7 nitrogen and oxygen atoms in total. The van der Waals surface area contributed by atoms with Crippen molar-refractivity contribution in [2.75, 3.05) is 20.7 Å². The molecule has 0 bridgehead atoms. The van der Waals surface area contributed by atoms with E-state index < -0.39 is 10.0 Å². The van der Waals surface area contributed by atoms with Crippen molar-refractivity contribution in [3.8, 4) is 5.75 Å². The molecule has 0 aliphatic heterocycles. The smallest absolute Gasteiger partial charge is 0.240 e. The third-order valence-electron chi connectivity index (χ3n) is 3.86. The Kier molecular flexibility index (Phi) is 7.63. The topological polar surface area (TPSA) is 91.8 Å². The number of aliphatic imine (C=N–C) groups is 1. The summed E-state index contributed by atoms with van der Waals surface area (Å²) in [6.07, 6.45) is 0. The zero-order chi connectivity index (χ0) is 19.7. The molecule has 2 aromatic rings. The zero-order valence-corrected chi connectivity index (χ0v) is 16.6. The highest BCUT2D eigenvalue weighted by atomic mass is 32.2. The molecule has 0 heterocycles. The van der Waals surface area contributed by atoms with Crippen molar-refractivity contribution in [3.63, 3.8) is 0 Å². The first-order chi connectivity index (χ1) is 13.0. The van der Waals surface area contributed by atoms with Gasteiger partial charge in [0.1, 0.15) is 5.75 Å². The molecular weight excluding hydrogens is 364 g/mol. The number of benzene rings is 2. The van der Waals surface area contributed by atoms with Gasteiger partial charge < -0.3 is 15.4 Å². The van der Waals surface area contributed by atoms with Crippen LogP contribution in [0.1, 0.15) is 18.1 Å². The van der Waals surface area contributed by atoms with Crippen molar-refractivity contribution in [2.45, 2.75) is 24.9 Å². The van der Waals surface area contributed by atoms with E-state index in [1.807, 2.05) is 37.3 Å². The third kappa shape index (κ3) is 6.26. The molecule has 27 heavy (non-hydrogen) atoms. The van der Waals surface area contributed by atoms with Gasteiger partial charge in [-0.15, -0.1) is 0 Å². The number of hydrogen-bond donors (Lipinski definition) is 3. The van der Waals surface area contributed by atoms with Crippen LogP contribution in [0, 0.1) is 0 Å². The van der Waals surface area contributed by atoms with Crippen LogP contribution in [0.4, 0.5) is 0 Å². The Morgan fingerprint density at radius 3 is 2.44 bits per heavy atom. The lowest BCUT2D eigenvalue weighted by Gasteiger charge is -2.12. The summed E-state index contributed by atoms with van der Waals surface area (Å²) in [5, 5.41) is 6.45. The van der Waals surface area contributed by atoms with Gasteiger partial charge in [-0.3, -0.25) is 0 Å². The first-order valence-corrected chi connectivity index (χ1v) is 10.1. The zero-order valence-electron chi connectivity index (χ0n) is 15.8. The Labute approximate surface area is 160 Å². The molecule has 0 saturated carbocycles. The molecule has 0 aliphatic rings. The first-order valence-electron chi connectivity index (χ1n) is 8.66. The van der Waals surface area contributed by atoms with Crippen LogP contribution in [0.15, 0.2) is 58.4 Å². The summed E-state index contributed by atoms with van der Waals surface area (Å²) >= 11 is 0. The largest absolute Gasteiger partial charge is 0.497 e. The monoisotopic (exact) mass is 390 g/mol. The van der Waals surface area contributed by atoms with Gasteiger partial charge in [-0.25, -0.2) is 18.1 Å². The fourth-order valence-corrected chi connectivity index (χ4v) is 3.17. The molecule has 3 N–H and O–H groups in total. The second-order valence-electron chi connectivity index (χ2n) is 5.75. The number of hydrogen-bond acceptors (Lipinski definition) is 4. The van der Waals surface area contributed by atoms with Gasteiger partial charge in [0.05, 0.1) is 18.6 Å². The first kappa shape index (κ1) is 20.7. The molecule has 8 heteroatoms. The number of sulfonamides is 1. The van der Waals surface area contributed by atoms with Gasteiger partial charge in [-0.2, -0.15) is 0 Å². The van der Waals surface area contributed by atoms with Crippen LogP contribution >= 0.6 is 0 Å².